The van der Waals surface area contributed by atoms with E-state index in [1.165, 1.54) is 5.01 Å². The Balaban J connectivity index is 1.83. The van der Waals surface area contributed by atoms with Gasteiger partial charge in [-0.2, -0.15) is 5.10 Å². The Labute approximate surface area is 187 Å². The number of hydrazone groups is 1. The molecule has 0 aromatic heterocycles. The maximum absolute atomic E-state index is 13.0. The van der Waals surface area contributed by atoms with Gasteiger partial charge in [-0.25, -0.2) is 9.80 Å². The molecule has 0 bridgehead atoms. The molecule has 7 nitrogen and oxygen atoms in total. The van der Waals surface area contributed by atoms with Crippen molar-refractivity contribution in [3.05, 3.63) is 64.7 Å². The Bertz CT molecular complexity index is 983. The molecule has 3 rings (SSSR count). The summed E-state index contributed by atoms with van der Waals surface area (Å²) in [6.07, 6.45) is 0.510. The lowest BCUT2D eigenvalue weighted by molar-refractivity contribution is -0.131. The lowest BCUT2D eigenvalue weighted by Gasteiger charge is -2.24. The first-order valence-electron chi connectivity index (χ1n) is 10.0. The number of ether oxygens (including phenoxy) is 1. The van der Waals surface area contributed by atoms with Crippen LogP contribution in [0.5, 0.6) is 5.75 Å². The number of carbonyl (C=O) groups excluding carboxylic acids is 2. The zero-order chi connectivity index (χ0) is 22.6. The molecule has 1 aliphatic heterocycles. The Morgan fingerprint density at radius 3 is 2.45 bits per heavy atom. The van der Waals surface area contributed by atoms with E-state index in [0.29, 0.717) is 11.4 Å². The van der Waals surface area contributed by atoms with Crippen molar-refractivity contribution in [2.75, 3.05) is 13.7 Å². The highest BCUT2D eigenvalue weighted by molar-refractivity contribution is 6.34. The third-order valence-corrected chi connectivity index (χ3v) is 5.07. The number of hydrogen-bond donors (Lipinski definition) is 2. The Kier molecular flexibility index (Phi) is 6.85. The first kappa shape index (κ1) is 22.6. The molecule has 1 aliphatic rings. The lowest BCUT2D eigenvalue weighted by atomic mass is 9.98. The van der Waals surface area contributed by atoms with Gasteiger partial charge in [-0.3, -0.25) is 4.79 Å². The monoisotopic (exact) mass is 442 g/mol. The number of halogens is 1. The molecule has 1 atom stereocenters. The minimum Gasteiger partial charge on any atom is -0.497 e. The van der Waals surface area contributed by atoms with E-state index in [9.17, 15) is 9.59 Å². The molecule has 1 heterocycles. The van der Waals surface area contributed by atoms with Crippen LogP contribution in [-0.2, 0) is 4.79 Å². The molecule has 2 aromatic rings. The van der Waals surface area contributed by atoms with Crippen molar-refractivity contribution in [3.63, 3.8) is 0 Å². The molecule has 0 saturated heterocycles. The van der Waals surface area contributed by atoms with Crippen molar-refractivity contribution in [3.8, 4) is 5.75 Å². The van der Waals surface area contributed by atoms with Crippen LogP contribution in [0.2, 0.25) is 5.02 Å². The summed E-state index contributed by atoms with van der Waals surface area (Å²) < 4.78 is 5.24. The number of methoxy groups -OCH3 is 1. The number of nitrogens with zero attached hydrogens (tertiary/aromatic N) is 2. The molecule has 31 heavy (non-hydrogen) atoms. The minimum atomic E-state index is -0.406. The predicted molar refractivity (Wildman–Crippen MR) is 121 cm³/mol. The normalized spacial score (nSPS) is 16.0. The van der Waals surface area contributed by atoms with Crippen LogP contribution in [-0.4, -0.2) is 41.9 Å². The molecule has 0 saturated carbocycles. The summed E-state index contributed by atoms with van der Waals surface area (Å²) in [5.74, 6) is 0.416. The van der Waals surface area contributed by atoms with Crippen molar-refractivity contribution in [1.82, 2.24) is 15.6 Å². The summed E-state index contributed by atoms with van der Waals surface area (Å²) in [6.45, 7) is 5.44. The third kappa shape index (κ3) is 5.76. The zero-order valence-electron chi connectivity index (χ0n) is 18.1. The van der Waals surface area contributed by atoms with Gasteiger partial charge in [0.1, 0.15) is 12.3 Å². The molecule has 0 spiro atoms. The second kappa shape index (κ2) is 9.39. The van der Waals surface area contributed by atoms with E-state index >= 15 is 0 Å². The summed E-state index contributed by atoms with van der Waals surface area (Å²) in [5, 5.41) is 12.0. The highest BCUT2D eigenvalue weighted by atomic mass is 35.5. The fourth-order valence-corrected chi connectivity index (χ4v) is 3.55. The molecule has 2 aromatic carbocycles. The number of carbonyl (C=O) groups is 2. The lowest BCUT2D eigenvalue weighted by Crippen LogP contribution is -2.49. The summed E-state index contributed by atoms with van der Waals surface area (Å²) >= 11 is 6.36. The first-order valence-corrected chi connectivity index (χ1v) is 10.4. The summed E-state index contributed by atoms with van der Waals surface area (Å²) in [4.78, 5) is 25.1. The van der Waals surface area contributed by atoms with Crippen LogP contribution >= 0.6 is 11.6 Å². The van der Waals surface area contributed by atoms with Crippen LogP contribution < -0.4 is 15.4 Å². The summed E-state index contributed by atoms with van der Waals surface area (Å²) in [5.41, 5.74) is 2.02. The summed E-state index contributed by atoms with van der Waals surface area (Å²) in [6, 6.07) is 14.2. The smallest absolute Gasteiger partial charge is 0.315 e. The van der Waals surface area contributed by atoms with Crippen LogP contribution in [0.25, 0.3) is 0 Å². The van der Waals surface area contributed by atoms with Crippen molar-refractivity contribution in [1.29, 1.82) is 0 Å². The molecule has 0 fully saturated rings. The van der Waals surface area contributed by atoms with E-state index in [1.807, 2.05) is 63.2 Å². The van der Waals surface area contributed by atoms with Crippen LogP contribution in [0.15, 0.2) is 53.6 Å². The number of amides is 3. The standard InChI is InChI=1S/C23H27ClN4O3/c1-23(2,3)26-22(30)25-14-21(29)28-20(15-9-11-16(31-4)12-10-15)13-19(27-28)17-7-5-6-8-18(17)24/h5-12,20H,13-14H2,1-4H3,(H2,25,26,30). The summed E-state index contributed by atoms with van der Waals surface area (Å²) in [7, 11) is 1.60. The third-order valence-electron chi connectivity index (χ3n) is 4.74. The van der Waals surface area contributed by atoms with Crippen LogP contribution in [0, 0.1) is 0 Å². The molecule has 164 valence electrons. The van der Waals surface area contributed by atoms with Crippen LogP contribution in [0.4, 0.5) is 4.79 Å². The van der Waals surface area contributed by atoms with E-state index in [4.69, 9.17) is 16.3 Å². The van der Waals surface area contributed by atoms with Gasteiger partial charge in [0.25, 0.3) is 5.91 Å². The maximum Gasteiger partial charge on any atom is 0.315 e. The van der Waals surface area contributed by atoms with Gasteiger partial charge >= 0.3 is 6.03 Å². The van der Waals surface area contributed by atoms with Crippen LogP contribution in [0.3, 0.4) is 0 Å². The maximum atomic E-state index is 13.0. The van der Waals surface area contributed by atoms with E-state index in [2.05, 4.69) is 15.7 Å². The molecule has 8 heteroatoms. The highest BCUT2D eigenvalue weighted by Gasteiger charge is 2.33. The molecular weight excluding hydrogens is 416 g/mol. The predicted octanol–water partition coefficient (Wildman–Crippen LogP) is 4.12. The van der Waals surface area contributed by atoms with Gasteiger partial charge in [-0.15, -0.1) is 0 Å². The largest absolute Gasteiger partial charge is 0.497 e. The average Bonchev–Trinajstić information content (AvgIpc) is 3.16. The number of nitrogens with one attached hydrogen (secondary N) is 2. The molecule has 2 N–H and O–H groups in total. The Morgan fingerprint density at radius 2 is 1.84 bits per heavy atom. The Morgan fingerprint density at radius 1 is 1.16 bits per heavy atom. The molecular formula is C23H27ClN4O3. The number of rotatable bonds is 5. The number of urea groups is 1. The second-order valence-electron chi connectivity index (χ2n) is 8.32. The SMILES string of the molecule is COc1ccc(C2CC(c3ccccc3Cl)=NN2C(=O)CNC(=O)NC(C)(C)C)cc1. The van der Waals surface area contributed by atoms with Crippen molar-refractivity contribution in [2.45, 2.75) is 38.8 Å². The fourth-order valence-electron chi connectivity index (χ4n) is 3.31. The second-order valence-corrected chi connectivity index (χ2v) is 8.72. The Hall–Kier alpha value is -3.06. The van der Waals surface area contributed by atoms with Gasteiger partial charge in [0, 0.05) is 22.5 Å². The zero-order valence-corrected chi connectivity index (χ0v) is 18.9. The van der Waals surface area contributed by atoms with Crippen LogP contribution in [0.1, 0.15) is 44.4 Å². The quantitative estimate of drug-likeness (QED) is 0.730. The van der Waals surface area contributed by atoms with Gasteiger partial charge in [-0.05, 0) is 44.5 Å². The van der Waals surface area contributed by atoms with Crippen molar-refractivity contribution >= 4 is 29.3 Å². The van der Waals surface area contributed by atoms with E-state index in [1.54, 1.807) is 13.2 Å². The minimum absolute atomic E-state index is 0.173. The molecule has 0 radical (unpaired) electrons. The van der Waals surface area contributed by atoms with Gasteiger partial charge in [0.2, 0.25) is 0 Å². The molecule has 0 aliphatic carbocycles. The number of hydrogen-bond acceptors (Lipinski definition) is 4. The fraction of sp³-hybridized carbons (Fsp3) is 0.348. The molecule has 1 unspecified atom stereocenters. The number of benzene rings is 2. The molecule has 3 amide bonds. The van der Waals surface area contributed by atoms with E-state index in [0.717, 1.165) is 22.6 Å². The van der Waals surface area contributed by atoms with Gasteiger partial charge in [0.05, 0.1) is 18.9 Å². The average molecular weight is 443 g/mol. The first-order chi connectivity index (χ1) is 14.7. The topological polar surface area (TPSA) is 83.0 Å². The van der Waals surface area contributed by atoms with Crippen molar-refractivity contribution in [2.24, 2.45) is 5.10 Å². The van der Waals surface area contributed by atoms with E-state index < -0.39 is 11.6 Å². The van der Waals surface area contributed by atoms with Crippen molar-refractivity contribution < 1.29 is 14.3 Å². The van der Waals surface area contributed by atoms with Gasteiger partial charge in [0.15, 0.2) is 0 Å². The highest BCUT2D eigenvalue weighted by Crippen LogP contribution is 2.34. The van der Waals surface area contributed by atoms with Gasteiger partial charge in [-0.1, -0.05) is 41.9 Å². The van der Waals surface area contributed by atoms with E-state index in [-0.39, 0.29) is 18.5 Å². The van der Waals surface area contributed by atoms with Gasteiger partial charge < -0.3 is 15.4 Å².